The van der Waals surface area contributed by atoms with Gasteiger partial charge in [0.25, 0.3) is 0 Å². The third-order valence-corrected chi connectivity index (χ3v) is 1.62. The van der Waals surface area contributed by atoms with Crippen molar-refractivity contribution in [2.24, 2.45) is 0 Å². The van der Waals surface area contributed by atoms with Gasteiger partial charge in [0, 0.05) is 0 Å². The largest absolute Gasteiger partial charge is 0.219 e. The zero-order chi connectivity index (χ0) is 10.6. The van der Waals surface area contributed by atoms with E-state index in [0.717, 1.165) is 25.7 Å². The summed E-state index contributed by atoms with van der Waals surface area (Å²) in [4.78, 5) is 4.78. The molecule has 0 aliphatic heterocycles. The molecule has 0 aliphatic carbocycles. The molecule has 0 bridgehead atoms. The van der Waals surface area contributed by atoms with Crippen LogP contribution in [-0.4, -0.2) is 11.4 Å². The Balaban J connectivity index is 3.24. The molecule has 0 aromatic rings. The predicted molar refractivity (Wildman–Crippen MR) is 42.7 cm³/mol. The molecule has 0 spiro atoms. The van der Waals surface area contributed by atoms with Crippen molar-refractivity contribution in [1.29, 1.82) is 0 Å². The Kier molecular flexibility index (Phi) is 10.6. The maximum atomic E-state index is 7.61. The van der Waals surface area contributed by atoms with E-state index in [1.807, 2.05) is 6.92 Å². The number of hydrogen-bond acceptors (Lipinski definition) is 7. The van der Waals surface area contributed by atoms with E-state index in [1.165, 1.54) is 0 Å². The molecule has 14 heavy (non-hydrogen) atoms. The number of unbranched alkanes of at least 4 members (excludes halogenated alkanes) is 1. The van der Waals surface area contributed by atoms with Gasteiger partial charge < -0.3 is 0 Å². The second kappa shape index (κ2) is 10.8. The highest BCUT2D eigenvalue weighted by atomic mass is 17.9. The van der Waals surface area contributed by atoms with Crippen LogP contribution in [0.25, 0.3) is 0 Å². The predicted octanol–water partition coefficient (Wildman–Crippen LogP) is 2.10. The van der Waals surface area contributed by atoms with Crippen LogP contribution in [0.2, 0.25) is 0 Å². The number of hydrogen-bond donors (Lipinski definition) is 1. The summed E-state index contributed by atoms with van der Waals surface area (Å²) >= 11 is 0. The highest BCUT2D eigenvalue weighted by Gasteiger charge is 2.07. The van der Waals surface area contributed by atoms with Crippen molar-refractivity contribution in [3.05, 3.63) is 0 Å². The first kappa shape index (κ1) is 13.7. The van der Waals surface area contributed by atoms with Crippen LogP contribution in [0.4, 0.5) is 0 Å². The SMILES string of the molecule is CCCCC(CC)OOOOOOO. The summed E-state index contributed by atoms with van der Waals surface area (Å²) in [7, 11) is 0. The van der Waals surface area contributed by atoms with Gasteiger partial charge in [-0.25, -0.2) is 10.1 Å². The highest BCUT2D eigenvalue weighted by Crippen LogP contribution is 2.08. The minimum Gasteiger partial charge on any atom is -0.219 e. The smallest absolute Gasteiger partial charge is 0.0959 e. The monoisotopic (exact) mass is 212 g/mol. The van der Waals surface area contributed by atoms with Gasteiger partial charge in [0.1, 0.15) is 0 Å². The molecule has 0 radical (unpaired) electrons. The van der Waals surface area contributed by atoms with E-state index >= 15 is 0 Å². The van der Waals surface area contributed by atoms with Crippen LogP contribution in [0.3, 0.4) is 0 Å². The molecule has 0 fully saturated rings. The average Bonchev–Trinajstić information content (AvgIpc) is 2.22. The maximum absolute atomic E-state index is 7.61. The van der Waals surface area contributed by atoms with Gasteiger partial charge in [-0.15, -0.1) is 0 Å². The van der Waals surface area contributed by atoms with E-state index in [2.05, 4.69) is 32.1 Å². The second-order valence-corrected chi connectivity index (χ2v) is 2.62. The molecule has 1 unspecified atom stereocenters. The van der Waals surface area contributed by atoms with Crippen molar-refractivity contribution >= 4 is 0 Å². The Morgan fingerprint density at radius 3 is 2.36 bits per heavy atom. The molecule has 0 aromatic carbocycles. The van der Waals surface area contributed by atoms with Crippen molar-refractivity contribution in [3.63, 3.8) is 0 Å². The molecule has 0 amide bonds. The summed E-state index contributed by atoms with van der Waals surface area (Å²) in [6.07, 6.45) is 3.72. The van der Waals surface area contributed by atoms with Crippen molar-refractivity contribution in [2.45, 2.75) is 45.6 Å². The molecular formula is C7H16O7. The van der Waals surface area contributed by atoms with Crippen LogP contribution < -0.4 is 0 Å². The van der Waals surface area contributed by atoms with Crippen LogP contribution >= 0.6 is 0 Å². The van der Waals surface area contributed by atoms with Gasteiger partial charge in [0.15, 0.2) is 0 Å². The molecule has 86 valence electrons. The van der Waals surface area contributed by atoms with E-state index in [0.29, 0.717) is 0 Å². The van der Waals surface area contributed by atoms with Crippen LogP contribution in [0, 0.1) is 0 Å². The van der Waals surface area contributed by atoms with Gasteiger partial charge in [-0.05, 0) is 38.0 Å². The van der Waals surface area contributed by atoms with Crippen molar-refractivity contribution in [2.75, 3.05) is 0 Å². The average molecular weight is 212 g/mol. The molecule has 7 nitrogen and oxygen atoms in total. The first-order valence-electron chi connectivity index (χ1n) is 4.48. The number of rotatable bonds is 10. The van der Waals surface area contributed by atoms with Crippen LogP contribution in [0.1, 0.15) is 39.5 Å². The molecule has 1 N–H and O–H groups in total. The highest BCUT2D eigenvalue weighted by molar-refractivity contribution is 4.51. The summed E-state index contributed by atoms with van der Waals surface area (Å²) in [5, 5.41) is 25.8. The topological polar surface area (TPSA) is 75.6 Å². The molecule has 0 rings (SSSR count). The van der Waals surface area contributed by atoms with E-state index in [9.17, 15) is 0 Å². The molecule has 7 heteroatoms. The molecule has 0 saturated heterocycles. The van der Waals surface area contributed by atoms with Crippen molar-refractivity contribution in [3.8, 4) is 0 Å². The van der Waals surface area contributed by atoms with Gasteiger partial charge in [-0.1, -0.05) is 26.7 Å². The van der Waals surface area contributed by atoms with Gasteiger partial charge >= 0.3 is 0 Å². The fraction of sp³-hybridized carbons (Fsp3) is 1.00. The molecular weight excluding hydrogens is 196 g/mol. The third kappa shape index (κ3) is 8.32. The lowest BCUT2D eigenvalue weighted by molar-refractivity contribution is -0.789. The summed E-state index contributed by atoms with van der Waals surface area (Å²) in [6.45, 7) is 4.04. The Hall–Kier alpha value is -0.280. The maximum Gasteiger partial charge on any atom is 0.0959 e. The van der Waals surface area contributed by atoms with E-state index in [-0.39, 0.29) is 6.10 Å². The lowest BCUT2D eigenvalue weighted by atomic mass is 10.1. The minimum absolute atomic E-state index is 0.0615. The van der Waals surface area contributed by atoms with E-state index < -0.39 is 0 Å². The van der Waals surface area contributed by atoms with Crippen LogP contribution in [-0.2, 0) is 30.1 Å². The molecule has 0 saturated carbocycles. The lowest BCUT2D eigenvalue weighted by Gasteiger charge is -2.11. The summed E-state index contributed by atoms with van der Waals surface area (Å²) in [6, 6.07) is 0. The zero-order valence-corrected chi connectivity index (χ0v) is 8.30. The fourth-order valence-electron chi connectivity index (χ4n) is 0.859. The molecule has 1 atom stereocenters. The summed E-state index contributed by atoms with van der Waals surface area (Å²) in [5.74, 6) is 0. The van der Waals surface area contributed by atoms with Crippen molar-refractivity contribution < 1.29 is 35.3 Å². The summed E-state index contributed by atoms with van der Waals surface area (Å²) in [5.41, 5.74) is 0. The van der Waals surface area contributed by atoms with Crippen molar-refractivity contribution in [1.82, 2.24) is 0 Å². The standard InChI is InChI=1S/C7H16O7/c1-3-5-6-7(4-2)9-11-13-14-12-10-8/h7-8H,3-6H2,1-2H3. The minimum atomic E-state index is -0.0615. The molecule has 0 aliphatic rings. The summed E-state index contributed by atoms with van der Waals surface area (Å²) < 4.78 is 0. The second-order valence-electron chi connectivity index (χ2n) is 2.62. The Labute approximate surface area is 82.0 Å². The van der Waals surface area contributed by atoms with Gasteiger partial charge in [-0.2, -0.15) is 0 Å². The van der Waals surface area contributed by atoms with E-state index in [1.54, 1.807) is 0 Å². The van der Waals surface area contributed by atoms with Gasteiger partial charge in [0.05, 0.1) is 6.10 Å². The zero-order valence-electron chi connectivity index (χ0n) is 8.30. The van der Waals surface area contributed by atoms with Crippen LogP contribution in [0.15, 0.2) is 0 Å². The van der Waals surface area contributed by atoms with Crippen LogP contribution in [0.5, 0.6) is 0 Å². The Bertz CT molecular complexity index is 110. The fourth-order valence-corrected chi connectivity index (χ4v) is 0.859. The molecule has 0 aromatic heterocycles. The Morgan fingerprint density at radius 1 is 1.07 bits per heavy atom. The normalized spacial score (nSPS) is 13.1. The van der Waals surface area contributed by atoms with Gasteiger partial charge in [-0.3, -0.25) is 0 Å². The first-order chi connectivity index (χ1) is 6.85. The lowest BCUT2D eigenvalue weighted by Crippen LogP contribution is -2.12. The Morgan fingerprint density at radius 2 is 1.79 bits per heavy atom. The third-order valence-electron chi connectivity index (χ3n) is 1.62. The first-order valence-corrected chi connectivity index (χ1v) is 4.48. The molecule has 0 heterocycles. The quantitative estimate of drug-likeness (QED) is 0.337. The van der Waals surface area contributed by atoms with Gasteiger partial charge in [0.2, 0.25) is 0 Å². The van der Waals surface area contributed by atoms with E-state index in [4.69, 9.17) is 10.1 Å².